The van der Waals surface area contributed by atoms with E-state index in [0.29, 0.717) is 19.3 Å². The van der Waals surface area contributed by atoms with Crippen LogP contribution in [0.4, 0.5) is 0 Å². The number of allylic oxidation sites excluding steroid dienone is 18. The van der Waals surface area contributed by atoms with Gasteiger partial charge in [-0.1, -0.05) is 207 Å². The Morgan fingerprint density at radius 1 is 0.328 bits per heavy atom. The van der Waals surface area contributed by atoms with E-state index >= 15 is 0 Å². The van der Waals surface area contributed by atoms with Gasteiger partial charge in [0.05, 0.1) is 0 Å². The van der Waals surface area contributed by atoms with Crippen LogP contribution in [0.25, 0.3) is 0 Å². The van der Waals surface area contributed by atoms with Gasteiger partial charge in [0.15, 0.2) is 6.10 Å². The third-order valence-electron chi connectivity index (χ3n) is 10.5. The van der Waals surface area contributed by atoms with E-state index in [1.54, 1.807) is 0 Å². The molecule has 0 rings (SSSR count). The zero-order valence-corrected chi connectivity index (χ0v) is 41.3. The van der Waals surface area contributed by atoms with E-state index in [4.69, 9.17) is 14.2 Å². The molecule has 0 saturated heterocycles. The smallest absolute Gasteiger partial charge is 0.306 e. The molecule has 0 saturated carbocycles. The molecule has 0 heterocycles. The van der Waals surface area contributed by atoms with Crippen molar-refractivity contribution in [2.45, 2.75) is 226 Å². The van der Waals surface area contributed by atoms with E-state index in [2.05, 4.69) is 130 Å². The first-order valence-electron chi connectivity index (χ1n) is 25.9. The van der Waals surface area contributed by atoms with Crippen LogP contribution in [0, 0.1) is 0 Å². The predicted octanol–water partition coefficient (Wildman–Crippen LogP) is 17.1. The number of hydrogen-bond donors (Lipinski definition) is 0. The second kappa shape index (κ2) is 51.7. The number of carbonyl (C=O) groups excluding carboxylic acids is 3. The van der Waals surface area contributed by atoms with Crippen molar-refractivity contribution in [1.29, 1.82) is 0 Å². The molecule has 0 aliphatic carbocycles. The van der Waals surface area contributed by atoms with Crippen molar-refractivity contribution in [2.24, 2.45) is 0 Å². The Bertz CT molecular complexity index is 1340. The van der Waals surface area contributed by atoms with Gasteiger partial charge in [-0.15, -0.1) is 0 Å². The average Bonchev–Trinajstić information content (AvgIpc) is 3.29. The molecular weight excluding hydrogens is 793 g/mol. The van der Waals surface area contributed by atoms with Gasteiger partial charge in [0, 0.05) is 19.3 Å². The van der Waals surface area contributed by atoms with Gasteiger partial charge in [-0.25, -0.2) is 0 Å². The molecule has 0 amide bonds. The molecule has 1 atom stereocenters. The molecule has 0 spiro atoms. The van der Waals surface area contributed by atoms with Gasteiger partial charge in [-0.2, -0.15) is 0 Å². The van der Waals surface area contributed by atoms with Crippen LogP contribution in [0.2, 0.25) is 0 Å². The summed E-state index contributed by atoms with van der Waals surface area (Å²) in [5.74, 6) is -0.958. The quantitative estimate of drug-likeness (QED) is 0.0262. The number of unbranched alkanes of at least 4 members (excludes halogenated alkanes) is 16. The lowest BCUT2D eigenvalue weighted by Crippen LogP contribution is -2.30. The molecule has 0 aromatic heterocycles. The SMILES string of the molecule is CC/C=C\C/C=C\C/C=C\C/C=C\C/C=C\C/C=C\C/C=C\CCCCCC(=O)OCC(COC(=O)CCCCCCCCC)OC(=O)CCCCCCC/C=C\C/C=C\CCCC. The summed E-state index contributed by atoms with van der Waals surface area (Å²) in [6.45, 7) is 6.38. The number of ether oxygens (including phenoxy) is 3. The molecule has 0 N–H and O–H groups in total. The van der Waals surface area contributed by atoms with Crippen LogP contribution in [-0.2, 0) is 28.6 Å². The van der Waals surface area contributed by atoms with Gasteiger partial charge in [0.1, 0.15) is 13.2 Å². The van der Waals surface area contributed by atoms with Gasteiger partial charge in [0.25, 0.3) is 0 Å². The Kier molecular flexibility index (Phi) is 48.5. The maximum atomic E-state index is 12.7. The molecule has 0 aromatic rings. The molecule has 0 bridgehead atoms. The summed E-state index contributed by atoms with van der Waals surface area (Å²) < 4.78 is 16.7. The van der Waals surface area contributed by atoms with Crippen LogP contribution in [0.15, 0.2) is 109 Å². The minimum atomic E-state index is -0.797. The summed E-state index contributed by atoms with van der Waals surface area (Å²) >= 11 is 0. The Labute approximate surface area is 393 Å². The van der Waals surface area contributed by atoms with E-state index < -0.39 is 6.10 Å². The van der Waals surface area contributed by atoms with Gasteiger partial charge >= 0.3 is 17.9 Å². The van der Waals surface area contributed by atoms with Gasteiger partial charge in [0.2, 0.25) is 0 Å². The Morgan fingerprint density at radius 3 is 1.02 bits per heavy atom. The van der Waals surface area contributed by atoms with Crippen molar-refractivity contribution in [3.63, 3.8) is 0 Å². The fraction of sp³-hybridized carbons (Fsp3) is 0.638. The third-order valence-corrected chi connectivity index (χ3v) is 10.5. The van der Waals surface area contributed by atoms with Crippen molar-refractivity contribution in [3.05, 3.63) is 109 Å². The number of hydrogen-bond acceptors (Lipinski definition) is 6. The average molecular weight is 887 g/mol. The fourth-order valence-electron chi connectivity index (χ4n) is 6.61. The summed E-state index contributed by atoms with van der Waals surface area (Å²) in [7, 11) is 0. The maximum absolute atomic E-state index is 12.7. The lowest BCUT2D eigenvalue weighted by molar-refractivity contribution is -0.167. The highest BCUT2D eigenvalue weighted by Gasteiger charge is 2.19. The lowest BCUT2D eigenvalue weighted by atomic mass is 10.1. The van der Waals surface area contributed by atoms with Crippen molar-refractivity contribution in [2.75, 3.05) is 13.2 Å². The lowest BCUT2D eigenvalue weighted by Gasteiger charge is -2.18. The molecule has 0 radical (unpaired) electrons. The first-order chi connectivity index (χ1) is 31.5. The summed E-state index contributed by atoms with van der Waals surface area (Å²) in [6, 6.07) is 0. The molecule has 0 aliphatic rings. The van der Waals surface area contributed by atoms with Gasteiger partial charge in [-0.3, -0.25) is 14.4 Å². The van der Waals surface area contributed by atoms with E-state index in [1.807, 2.05) is 0 Å². The van der Waals surface area contributed by atoms with Crippen molar-refractivity contribution in [1.82, 2.24) is 0 Å². The monoisotopic (exact) mass is 887 g/mol. The number of carbonyl (C=O) groups is 3. The molecule has 0 fully saturated rings. The van der Waals surface area contributed by atoms with Crippen LogP contribution >= 0.6 is 0 Å². The third kappa shape index (κ3) is 49.1. The highest BCUT2D eigenvalue weighted by molar-refractivity contribution is 5.71. The summed E-state index contributed by atoms with van der Waals surface area (Å²) in [4.78, 5) is 37.8. The molecule has 362 valence electrons. The van der Waals surface area contributed by atoms with Crippen LogP contribution in [0.1, 0.15) is 220 Å². The largest absolute Gasteiger partial charge is 0.462 e. The Hall–Kier alpha value is -3.93. The highest BCUT2D eigenvalue weighted by atomic mass is 16.6. The van der Waals surface area contributed by atoms with Crippen molar-refractivity contribution in [3.8, 4) is 0 Å². The Morgan fingerprint density at radius 2 is 0.625 bits per heavy atom. The molecule has 0 aromatic carbocycles. The summed E-state index contributed by atoms with van der Waals surface area (Å²) in [6.07, 6.45) is 69.5. The van der Waals surface area contributed by atoms with Crippen LogP contribution in [-0.4, -0.2) is 37.2 Å². The van der Waals surface area contributed by atoms with E-state index in [0.717, 1.165) is 135 Å². The first-order valence-corrected chi connectivity index (χ1v) is 25.9. The second-order valence-electron chi connectivity index (χ2n) is 16.7. The maximum Gasteiger partial charge on any atom is 0.306 e. The van der Waals surface area contributed by atoms with Crippen molar-refractivity contribution < 1.29 is 28.6 Å². The molecule has 64 heavy (non-hydrogen) atoms. The molecule has 0 aliphatic heterocycles. The highest BCUT2D eigenvalue weighted by Crippen LogP contribution is 2.13. The predicted molar refractivity (Wildman–Crippen MR) is 274 cm³/mol. The standard InChI is InChI=1S/C58H94O6/c1-4-7-10-13-16-18-20-22-24-25-26-27-28-29-30-31-32-33-34-36-37-39-42-45-48-51-57(60)63-54-55(53-62-56(59)50-47-44-41-15-12-9-6-3)64-58(61)52-49-46-43-40-38-35-23-21-19-17-14-11-8-5-2/h7,10,14,16-18,21-24,26-27,29-30,32-33,36-37,55H,4-6,8-9,11-13,15,19-20,25,28,31,34-35,38-54H2,1-3H3/b10-7-,17-14-,18-16-,23-21-,24-22-,27-26-,30-29-,33-32-,37-36-. The molecule has 1 unspecified atom stereocenters. The van der Waals surface area contributed by atoms with E-state index in [9.17, 15) is 14.4 Å². The number of rotatable bonds is 45. The van der Waals surface area contributed by atoms with Crippen LogP contribution < -0.4 is 0 Å². The zero-order valence-electron chi connectivity index (χ0n) is 41.3. The fourth-order valence-corrected chi connectivity index (χ4v) is 6.61. The van der Waals surface area contributed by atoms with E-state index in [-0.39, 0.29) is 31.1 Å². The minimum Gasteiger partial charge on any atom is -0.462 e. The first kappa shape index (κ1) is 60.1. The topological polar surface area (TPSA) is 78.9 Å². The summed E-state index contributed by atoms with van der Waals surface area (Å²) in [5, 5.41) is 0. The normalized spacial score (nSPS) is 13.0. The summed E-state index contributed by atoms with van der Waals surface area (Å²) in [5.41, 5.74) is 0. The minimum absolute atomic E-state index is 0.0959. The second-order valence-corrected chi connectivity index (χ2v) is 16.7. The van der Waals surface area contributed by atoms with E-state index in [1.165, 1.54) is 44.9 Å². The zero-order chi connectivity index (χ0) is 46.5. The van der Waals surface area contributed by atoms with Crippen LogP contribution in [0.5, 0.6) is 0 Å². The molecular formula is C58H94O6. The molecule has 6 nitrogen and oxygen atoms in total. The van der Waals surface area contributed by atoms with Crippen molar-refractivity contribution >= 4 is 17.9 Å². The van der Waals surface area contributed by atoms with Gasteiger partial charge < -0.3 is 14.2 Å². The van der Waals surface area contributed by atoms with Gasteiger partial charge in [-0.05, 0) is 103 Å². The number of esters is 3. The Balaban J connectivity index is 4.33. The van der Waals surface area contributed by atoms with Crippen LogP contribution in [0.3, 0.4) is 0 Å². The molecule has 6 heteroatoms.